The highest BCUT2D eigenvalue weighted by molar-refractivity contribution is 7.89. The first-order chi connectivity index (χ1) is 9.34. The monoisotopic (exact) mass is 298 g/mol. The van der Waals surface area contributed by atoms with Crippen molar-refractivity contribution < 1.29 is 13.5 Å². The van der Waals surface area contributed by atoms with Crippen molar-refractivity contribution in [2.24, 2.45) is 0 Å². The Hall–Kier alpha value is -0.950. The Labute approximate surface area is 120 Å². The predicted octanol–water partition coefficient (Wildman–Crippen LogP) is 0.763. The van der Waals surface area contributed by atoms with Crippen LogP contribution in [-0.4, -0.2) is 50.1 Å². The Morgan fingerprint density at radius 3 is 2.30 bits per heavy atom. The maximum Gasteiger partial charge on any atom is 0.243 e. The molecule has 0 spiro atoms. The highest BCUT2D eigenvalue weighted by Crippen LogP contribution is 2.22. The molecule has 0 aliphatic carbocycles. The molecule has 5 nitrogen and oxygen atoms in total. The summed E-state index contributed by atoms with van der Waals surface area (Å²) in [6.07, 6.45) is -0.662. The highest BCUT2D eigenvalue weighted by atomic mass is 32.2. The van der Waals surface area contributed by atoms with Gasteiger partial charge in [0.1, 0.15) is 0 Å². The zero-order chi connectivity index (χ0) is 14.9. The number of hydrogen-bond donors (Lipinski definition) is 2. The summed E-state index contributed by atoms with van der Waals surface area (Å²) in [4.78, 5) is 0.267. The molecule has 0 aromatic heterocycles. The van der Waals surface area contributed by atoms with Gasteiger partial charge in [-0.2, -0.15) is 4.31 Å². The van der Waals surface area contributed by atoms with Crippen molar-refractivity contribution in [2.45, 2.75) is 36.8 Å². The first kappa shape index (κ1) is 15.4. The summed E-state index contributed by atoms with van der Waals surface area (Å²) in [6.45, 7) is 5.03. The lowest BCUT2D eigenvalue weighted by molar-refractivity contribution is 0.136. The van der Waals surface area contributed by atoms with E-state index in [1.807, 2.05) is 12.1 Å². The third-order valence-corrected chi connectivity index (χ3v) is 5.74. The molecule has 6 heteroatoms. The largest absolute Gasteiger partial charge is 0.390 e. The molecule has 0 bridgehead atoms. The zero-order valence-electron chi connectivity index (χ0n) is 12.1. The smallest absolute Gasteiger partial charge is 0.243 e. The lowest BCUT2D eigenvalue weighted by atomic mass is 10.0. The number of nitrogens with zero attached hydrogens (tertiary/aromatic N) is 1. The SMILES string of the molecule is CC(C)c1ccc(S(=O)(=O)N(C)[C@H]2CNC[C@@H]2O)cc1. The number of sulfonamides is 1. The Balaban J connectivity index is 2.25. The Bertz CT molecular complexity index is 554. The number of likely N-dealkylation sites (N-methyl/N-ethyl adjacent to an activating group) is 1. The zero-order valence-corrected chi connectivity index (χ0v) is 12.9. The molecule has 1 fully saturated rings. The quantitative estimate of drug-likeness (QED) is 0.861. The Kier molecular flexibility index (Phi) is 4.49. The molecule has 1 saturated heterocycles. The van der Waals surface area contributed by atoms with Gasteiger partial charge in [0, 0.05) is 20.1 Å². The van der Waals surface area contributed by atoms with E-state index in [-0.39, 0.29) is 4.90 Å². The summed E-state index contributed by atoms with van der Waals surface area (Å²) in [5, 5.41) is 12.8. The van der Waals surface area contributed by atoms with Crippen LogP contribution >= 0.6 is 0 Å². The van der Waals surface area contributed by atoms with Gasteiger partial charge in [0.05, 0.1) is 17.0 Å². The van der Waals surface area contributed by atoms with Crippen LogP contribution in [0.5, 0.6) is 0 Å². The molecule has 20 heavy (non-hydrogen) atoms. The first-order valence-corrected chi connectivity index (χ1v) is 8.25. The molecule has 2 atom stereocenters. The van der Waals surface area contributed by atoms with Gasteiger partial charge in [0.2, 0.25) is 10.0 Å². The van der Waals surface area contributed by atoms with Gasteiger partial charge in [0.15, 0.2) is 0 Å². The van der Waals surface area contributed by atoms with E-state index in [9.17, 15) is 13.5 Å². The van der Waals surface area contributed by atoms with E-state index in [4.69, 9.17) is 0 Å². The second kappa shape index (κ2) is 5.81. The van der Waals surface area contributed by atoms with E-state index in [2.05, 4.69) is 19.2 Å². The summed E-state index contributed by atoms with van der Waals surface area (Å²) in [7, 11) is -2.04. The fourth-order valence-corrected chi connectivity index (χ4v) is 3.78. The molecule has 0 radical (unpaired) electrons. The number of β-amino-alcohol motifs (C(OH)–C–C–N with tert-alkyl or cyclic N) is 1. The van der Waals surface area contributed by atoms with Crippen LogP contribution in [0.2, 0.25) is 0 Å². The molecule has 1 aromatic carbocycles. The number of rotatable bonds is 4. The summed E-state index contributed by atoms with van der Waals surface area (Å²) in [5.41, 5.74) is 1.11. The molecule has 1 aliphatic heterocycles. The Morgan fingerprint density at radius 1 is 1.25 bits per heavy atom. The van der Waals surface area contributed by atoms with Gasteiger partial charge in [-0.15, -0.1) is 0 Å². The minimum absolute atomic E-state index is 0.267. The molecule has 1 aromatic rings. The summed E-state index contributed by atoms with van der Waals surface area (Å²) in [6, 6.07) is 6.54. The van der Waals surface area contributed by atoms with Crippen molar-refractivity contribution in [1.29, 1.82) is 0 Å². The molecule has 0 amide bonds. The first-order valence-electron chi connectivity index (χ1n) is 6.81. The van der Waals surface area contributed by atoms with Crippen molar-refractivity contribution in [3.63, 3.8) is 0 Å². The lowest BCUT2D eigenvalue weighted by Gasteiger charge is -2.25. The number of nitrogens with one attached hydrogen (secondary N) is 1. The molecule has 1 heterocycles. The number of benzene rings is 1. The van der Waals surface area contributed by atoms with Crippen molar-refractivity contribution >= 4 is 10.0 Å². The van der Waals surface area contributed by atoms with Crippen LogP contribution in [0, 0.1) is 0 Å². The molecular weight excluding hydrogens is 276 g/mol. The second-order valence-electron chi connectivity index (χ2n) is 5.54. The van der Waals surface area contributed by atoms with E-state index in [0.29, 0.717) is 19.0 Å². The third kappa shape index (κ3) is 2.88. The normalized spacial score (nSPS) is 23.7. The van der Waals surface area contributed by atoms with E-state index < -0.39 is 22.2 Å². The molecule has 1 aliphatic rings. The van der Waals surface area contributed by atoms with Crippen molar-refractivity contribution in [1.82, 2.24) is 9.62 Å². The van der Waals surface area contributed by atoms with Gasteiger partial charge in [-0.3, -0.25) is 0 Å². The predicted molar refractivity (Wildman–Crippen MR) is 78.1 cm³/mol. The number of aliphatic hydroxyl groups excluding tert-OH is 1. The van der Waals surface area contributed by atoms with Crippen LogP contribution < -0.4 is 5.32 Å². The van der Waals surface area contributed by atoms with Crippen LogP contribution in [0.25, 0.3) is 0 Å². The number of hydrogen-bond acceptors (Lipinski definition) is 4. The number of aliphatic hydroxyl groups is 1. The van der Waals surface area contributed by atoms with Crippen LogP contribution in [0.3, 0.4) is 0 Å². The van der Waals surface area contributed by atoms with Crippen molar-refractivity contribution in [3.05, 3.63) is 29.8 Å². The molecule has 2 rings (SSSR count). The third-order valence-electron chi connectivity index (χ3n) is 3.84. The fraction of sp³-hybridized carbons (Fsp3) is 0.571. The highest BCUT2D eigenvalue weighted by Gasteiger charge is 2.35. The van der Waals surface area contributed by atoms with E-state index in [0.717, 1.165) is 5.56 Å². The maximum absolute atomic E-state index is 12.5. The van der Waals surface area contributed by atoms with Gasteiger partial charge in [-0.05, 0) is 23.6 Å². The molecule has 2 N–H and O–H groups in total. The van der Waals surface area contributed by atoms with Crippen molar-refractivity contribution in [3.8, 4) is 0 Å². The van der Waals surface area contributed by atoms with Crippen LogP contribution in [0.1, 0.15) is 25.3 Å². The summed E-state index contributed by atoms with van der Waals surface area (Å²) in [5.74, 6) is 0.366. The molecular formula is C14H22N2O3S. The topological polar surface area (TPSA) is 69.6 Å². The summed E-state index contributed by atoms with van der Waals surface area (Å²) < 4.78 is 26.3. The standard InChI is InChI=1S/C14H22N2O3S/c1-10(2)11-4-6-12(7-5-11)20(18,19)16(3)13-8-15-9-14(13)17/h4-7,10,13-15,17H,8-9H2,1-3H3/t13-,14-/m0/s1. The van der Waals surface area contributed by atoms with Crippen LogP contribution in [0.15, 0.2) is 29.2 Å². The van der Waals surface area contributed by atoms with Gasteiger partial charge in [-0.25, -0.2) is 8.42 Å². The van der Waals surface area contributed by atoms with E-state index in [1.54, 1.807) is 12.1 Å². The maximum atomic E-state index is 12.5. The van der Waals surface area contributed by atoms with Crippen LogP contribution in [0.4, 0.5) is 0 Å². The van der Waals surface area contributed by atoms with E-state index >= 15 is 0 Å². The van der Waals surface area contributed by atoms with E-state index in [1.165, 1.54) is 11.4 Å². The van der Waals surface area contributed by atoms with Crippen molar-refractivity contribution in [2.75, 3.05) is 20.1 Å². The lowest BCUT2D eigenvalue weighted by Crippen LogP contribution is -2.44. The average Bonchev–Trinajstić information content (AvgIpc) is 2.84. The Morgan fingerprint density at radius 2 is 1.85 bits per heavy atom. The van der Waals surface area contributed by atoms with Gasteiger partial charge < -0.3 is 10.4 Å². The molecule has 0 unspecified atom stereocenters. The molecule has 112 valence electrons. The molecule has 0 saturated carbocycles. The van der Waals surface area contributed by atoms with Gasteiger partial charge in [0.25, 0.3) is 0 Å². The minimum Gasteiger partial charge on any atom is -0.390 e. The second-order valence-corrected chi connectivity index (χ2v) is 7.54. The van der Waals surface area contributed by atoms with Gasteiger partial charge in [-0.1, -0.05) is 26.0 Å². The fourth-order valence-electron chi connectivity index (χ4n) is 2.39. The minimum atomic E-state index is -3.56. The van der Waals surface area contributed by atoms with Crippen LogP contribution in [-0.2, 0) is 10.0 Å². The summed E-state index contributed by atoms with van der Waals surface area (Å²) >= 11 is 0. The van der Waals surface area contributed by atoms with Gasteiger partial charge >= 0.3 is 0 Å². The average molecular weight is 298 g/mol.